The Kier molecular flexibility index (Phi) is 8.88. The zero-order valence-electron chi connectivity index (χ0n) is 20.4. The normalized spacial score (nSPS) is 11.0. The largest absolute Gasteiger partial charge is 0.457 e. The van der Waals surface area contributed by atoms with Crippen LogP contribution in [0.25, 0.3) is 16.8 Å². The summed E-state index contributed by atoms with van der Waals surface area (Å²) in [7, 11) is 3.86. The molecule has 8 heteroatoms. The van der Waals surface area contributed by atoms with E-state index in [9.17, 15) is 4.79 Å². The Hall–Kier alpha value is -4.53. The molecule has 0 saturated carbocycles. The van der Waals surface area contributed by atoms with Crippen molar-refractivity contribution in [3.8, 4) is 22.8 Å². The summed E-state index contributed by atoms with van der Waals surface area (Å²) in [6, 6.07) is 28.3. The quantitative estimate of drug-likeness (QED) is 0.292. The molecule has 0 atom stereocenters. The average Bonchev–Trinajstić information content (AvgIpc) is 2.85. The molecule has 0 radical (unpaired) electrons. The van der Waals surface area contributed by atoms with E-state index in [2.05, 4.69) is 15.3 Å². The summed E-state index contributed by atoms with van der Waals surface area (Å²) in [6.07, 6.45) is 1.55. The zero-order valence-corrected chi connectivity index (χ0v) is 20.4. The molecule has 0 unspecified atom stereocenters. The lowest BCUT2D eigenvalue weighted by molar-refractivity contribution is -0.111. The Morgan fingerprint density at radius 2 is 1.53 bits per heavy atom. The second-order valence-corrected chi connectivity index (χ2v) is 8.20. The van der Waals surface area contributed by atoms with Crippen LogP contribution in [0.5, 0.6) is 11.5 Å². The molecule has 0 bridgehead atoms. The van der Waals surface area contributed by atoms with Gasteiger partial charge in [-0.3, -0.25) is 4.79 Å². The van der Waals surface area contributed by atoms with Gasteiger partial charge in [0.1, 0.15) is 11.5 Å². The van der Waals surface area contributed by atoms with Gasteiger partial charge >= 0.3 is 0 Å². The molecule has 4 aromatic rings. The van der Waals surface area contributed by atoms with Gasteiger partial charge in [-0.2, -0.15) is 0 Å². The fourth-order valence-electron chi connectivity index (χ4n) is 3.50. The third-order valence-corrected chi connectivity index (χ3v) is 5.03. The highest BCUT2D eigenvalue weighted by molar-refractivity contribution is 6.04. The van der Waals surface area contributed by atoms with Crippen LogP contribution in [-0.2, 0) is 4.79 Å². The van der Waals surface area contributed by atoms with Crippen molar-refractivity contribution >= 4 is 23.1 Å². The predicted octanol–water partition coefficient (Wildman–Crippen LogP) is 5.26. The number of nitrogens with two attached hydrogens (primary N) is 1. The van der Waals surface area contributed by atoms with E-state index in [0.29, 0.717) is 23.7 Å². The van der Waals surface area contributed by atoms with E-state index >= 15 is 0 Å². The summed E-state index contributed by atoms with van der Waals surface area (Å²) in [5, 5.41) is 2.88. The van der Waals surface area contributed by atoms with Crippen molar-refractivity contribution < 1.29 is 9.53 Å². The number of benzene rings is 3. The van der Waals surface area contributed by atoms with Gasteiger partial charge in [0.25, 0.3) is 0 Å². The van der Waals surface area contributed by atoms with Crippen molar-refractivity contribution in [1.82, 2.24) is 21.0 Å². The van der Waals surface area contributed by atoms with Gasteiger partial charge in [0.2, 0.25) is 11.9 Å². The summed E-state index contributed by atoms with van der Waals surface area (Å²) in [5.74, 6) is 1.37. The molecule has 0 saturated heterocycles. The first-order chi connectivity index (χ1) is 17.0. The van der Waals surface area contributed by atoms with Crippen molar-refractivity contribution in [1.29, 1.82) is 0 Å². The lowest BCUT2D eigenvalue weighted by Gasteiger charge is -2.15. The average molecular weight is 483 g/mol. The van der Waals surface area contributed by atoms with E-state index in [1.165, 1.54) is 0 Å². The summed E-state index contributed by atoms with van der Waals surface area (Å²) in [4.78, 5) is 23.5. The van der Waals surface area contributed by atoms with Crippen molar-refractivity contribution in [2.75, 3.05) is 31.7 Å². The number of para-hydroxylation sites is 2. The number of hydrogen-bond donors (Lipinski definition) is 3. The minimum absolute atomic E-state index is 0. The summed E-state index contributed by atoms with van der Waals surface area (Å²) >= 11 is 0. The predicted molar refractivity (Wildman–Crippen MR) is 145 cm³/mol. The number of nitrogens with zero attached hydrogens (tertiary/aromatic N) is 3. The molecule has 1 heterocycles. The number of carbonyl (C=O) groups excluding carboxylic acids is 1. The van der Waals surface area contributed by atoms with Crippen LogP contribution in [0.15, 0.2) is 97.1 Å². The minimum Gasteiger partial charge on any atom is -0.457 e. The first-order valence-electron chi connectivity index (χ1n) is 11.2. The number of amides is 1. The number of hydrogen-bond acceptors (Lipinski definition) is 7. The first kappa shape index (κ1) is 26.1. The molecule has 36 heavy (non-hydrogen) atoms. The molecular weight excluding hydrogens is 452 g/mol. The summed E-state index contributed by atoms with van der Waals surface area (Å²) in [5.41, 5.74) is 9.62. The van der Waals surface area contributed by atoms with Gasteiger partial charge in [-0.15, -0.1) is 0 Å². The fraction of sp³-hybridized carbons (Fsp3) is 0.107. The van der Waals surface area contributed by atoms with Crippen LogP contribution in [-0.4, -0.2) is 41.4 Å². The first-order valence-corrected chi connectivity index (χ1v) is 11.2. The topological polar surface area (TPSA) is 128 Å². The maximum absolute atomic E-state index is 12.7. The van der Waals surface area contributed by atoms with Crippen LogP contribution in [0, 0.1) is 0 Å². The van der Waals surface area contributed by atoms with Gasteiger partial charge in [0, 0.05) is 23.9 Å². The molecule has 1 aromatic heterocycles. The van der Waals surface area contributed by atoms with Gasteiger partial charge in [0.05, 0.1) is 11.4 Å². The second-order valence-electron chi connectivity index (χ2n) is 8.20. The van der Waals surface area contributed by atoms with E-state index in [4.69, 9.17) is 10.5 Å². The Labute approximate surface area is 211 Å². The molecule has 0 spiro atoms. The molecule has 4 rings (SSSR count). The number of anilines is 2. The van der Waals surface area contributed by atoms with Gasteiger partial charge in [-0.05, 0) is 74.3 Å². The molecule has 3 aromatic carbocycles. The van der Waals surface area contributed by atoms with Crippen molar-refractivity contribution in [2.24, 2.45) is 0 Å². The van der Waals surface area contributed by atoms with Gasteiger partial charge in [-0.25, -0.2) is 9.97 Å². The van der Waals surface area contributed by atoms with Crippen LogP contribution in [0.3, 0.4) is 0 Å². The van der Waals surface area contributed by atoms with Gasteiger partial charge < -0.3 is 26.8 Å². The number of nitrogen functional groups attached to an aromatic ring is 1. The maximum Gasteiger partial charge on any atom is 0.248 e. The lowest BCUT2D eigenvalue weighted by Crippen LogP contribution is -2.18. The van der Waals surface area contributed by atoms with Crippen LogP contribution >= 0.6 is 0 Å². The Balaban J connectivity index is 0.00000361. The molecule has 0 aliphatic rings. The van der Waals surface area contributed by atoms with Crippen LogP contribution in [0.4, 0.5) is 11.6 Å². The number of aromatic nitrogens is 2. The molecule has 0 aliphatic heterocycles. The molecule has 184 valence electrons. The van der Waals surface area contributed by atoms with Crippen LogP contribution in [0.2, 0.25) is 0 Å². The summed E-state index contributed by atoms with van der Waals surface area (Å²) in [6.45, 7) is 0.502. The SMILES string of the molecule is CN(C)C/C(=C\C(=O)Nc1ccccc1)c1cc(-c2ccc(Oc3ccccc3)cc2)nc(N)n1.N. The monoisotopic (exact) mass is 482 g/mol. The van der Waals surface area contributed by atoms with E-state index < -0.39 is 0 Å². The molecule has 0 fully saturated rings. The van der Waals surface area contributed by atoms with E-state index in [1.54, 1.807) is 6.08 Å². The highest BCUT2D eigenvalue weighted by Gasteiger charge is 2.13. The molecule has 1 amide bonds. The standard InChI is InChI=1S/C28H27N5O2.H3N/c1-33(2)19-21(17-27(34)30-22-9-5-3-6-10-22)26-18-25(31-28(29)32-26)20-13-15-24(16-14-20)35-23-11-7-4-8-12-23;/h3-18H,19H2,1-2H3,(H,30,34)(H2,29,31,32);1H3/b21-17+;. The van der Waals surface area contributed by atoms with E-state index in [0.717, 1.165) is 22.6 Å². The van der Waals surface area contributed by atoms with Crippen molar-refractivity contribution in [3.63, 3.8) is 0 Å². The smallest absolute Gasteiger partial charge is 0.248 e. The van der Waals surface area contributed by atoms with Crippen molar-refractivity contribution in [2.45, 2.75) is 0 Å². The number of nitrogens with one attached hydrogen (secondary N) is 1. The third kappa shape index (κ3) is 7.23. The number of likely N-dealkylation sites (N-methyl/N-ethyl adjacent to an activating group) is 1. The number of rotatable bonds is 8. The Morgan fingerprint density at radius 1 is 0.917 bits per heavy atom. The highest BCUT2D eigenvalue weighted by Crippen LogP contribution is 2.27. The van der Waals surface area contributed by atoms with Crippen LogP contribution in [0.1, 0.15) is 5.69 Å². The number of carbonyl (C=O) groups is 1. The molecular formula is C28H30N6O2. The maximum atomic E-state index is 12.7. The lowest BCUT2D eigenvalue weighted by atomic mass is 10.1. The van der Waals surface area contributed by atoms with Gasteiger partial charge in [0.15, 0.2) is 0 Å². The van der Waals surface area contributed by atoms with Gasteiger partial charge in [-0.1, -0.05) is 36.4 Å². The number of ether oxygens (including phenoxy) is 1. The second kappa shape index (κ2) is 12.3. The Morgan fingerprint density at radius 3 is 2.17 bits per heavy atom. The highest BCUT2D eigenvalue weighted by atomic mass is 16.5. The van der Waals surface area contributed by atoms with Crippen LogP contribution < -0.4 is 21.9 Å². The minimum atomic E-state index is -0.241. The fourth-order valence-corrected chi connectivity index (χ4v) is 3.50. The van der Waals surface area contributed by atoms with E-state index in [-0.39, 0.29) is 18.0 Å². The molecule has 0 aliphatic carbocycles. The van der Waals surface area contributed by atoms with Crippen molar-refractivity contribution in [3.05, 3.63) is 103 Å². The molecule has 6 N–H and O–H groups in total. The summed E-state index contributed by atoms with van der Waals surface area (Å²) < 4.78 is 5.87. The van der Waals surface area contributed by atoms with E-state index in [1.807, 2.05) is 110 Å². The Bertz CT molecular complexity index is 1310. The zero-order chi connectivity index (χ0) is 24.6. The molecule has 8 nitrogen and oxygen atoms in total. The third-order valence-electron chi connectivity index (χ3n) is 5.03.